The lowest BCUT2D eigenvalue weighted by molar-refractivity contribution is -0.660. The van der Waals surface area contributed by atoms with Crippen LogP contribution in [0.2, 0.25) is 0 Å². The van der Waals surface area contributed by atoms with Gasteiger partial charge in [0, 0.05) is 27.5 Å². The van der Waals surface area contributed by atoms with Gasteiger partial charge in [-0.1, -0.05) is 105 Å². The van der Waals surface area contributed by atoms with Crippen molar-refractivity contribution < 1.29 is 13.6 Å². The summed E-state index contributed by atoms with van der Waals surface area (Å²) in [6.45, 7) is 13.5. The van der Waals surface area contributed by atoms with Crippen molar-refractivity contribution in [1.82, 2.24) is 9.78 Å². The van der Waals surface area contributed by atoms with Gasteiger partial charge in [0.2, 0.25) is 0 Å². The van der Waals surface area contributed by atoms with Gasteiger partial charge in [0.25, 0.3) is 18.0 Å². The van der Waals surface area contributed by atoms with Gasteiger partial charge in [-0.25, -0.2) is 9.13 Å². The molecule has 0 radical (unpaired) electrons. The molecule has 0 amide bonds. The molecule has 6 heteroatoms. The molecular formula is C47H47N5O+2. The summed E-state index contributed by atoms with van der Waals surface area (Å²) in [5.74, 6) is 2.76. The Morgan fingerprint density at radius 1 is 0.679 bits per heavy atom. The number of benzene rings is 5. The van der Waals surface area contributed by atoms with Crippen LogP contribution in [0.5, 0.6) is 0 Å². The van der Waals surface area contributed by atoms with Gasteiger partial charge in [0.1, 0.15) is 33.9 Å². The van der Waals surface area contributed by atoms with E-state index in [1.807, 2.05) is 12.4 Å². The van der Waals surface area contributed by atoms with E-state index in [9.17, 15) is 0 Å². The van der Waals surface area contributed by atoms with E-state index in [4.69, 9.17) is 9.52 Å². The molecule has 0 atom stereocenters. The molecule has 0 aliphatic rings. The first-order chi connectivity index (χ1) is 25.7. The Labute approximate surface area is 312 Å². The van der Waals surface area contributed by atoms with E-state index in [0.717, 1.165) is 72.9 Å². The second-order valence-corrected chi connectivity index (χ2v) is 14.8. The highest BCUT2D eigenvalue weighted by molar-refractivity contribution is 6.09. The molecule has 0 saturated carbocycles. The number of hydrogen-bond donors (Lipinski definition) is 0. The van der Waals surface area contributed by atoms with Gasteiger partial charge in [0.05, 0.1) is 25.2 Å². The van der Waals surface area contributed by atoms with Crippen LogP contribution < -0.4 is 14.0 Å². The maximum Gasteiger partial charge on any atom is 0.287 e. The first kappa shape index (κ1) is 34.1. The average molecular weight is 698 g/mol. The molecule has 8 aromatic rings. The molecule has 264 valence electrons. The van der Waals surface area contributed by atoms with Gasteiger partial charge < -0.3 is 4.42 Å². The fraction of sp³-hybridized carbons (Fsp3) is 0.213. The van der Waals surface area contributed by atoms with Crippen LogP contribution in [-0.2, 0) is 14.1 Å². The van der Waals surface area contributed by atoms with Gasteiger partial charge in [-0.2, -0.15) is 4.90 Å². The summed E-state index contributed by atoms with van der Waals surface area (Å²) in [4.78, 5) is 2.37. The lowest BCUT2D eigenvalue weighted by Gasteiger charge is -2.22. The zero-order valence-corrected chi connectivity index (χ0v) is 31.9. The lowest BCUT2D eigenvalue weighted by Crippen LogP contribution is -2.38. The van der Waals surface area contributed by atoms with Gasteiger partial charge in [-0.3, -0.25) is 0 Å². The second-order valence-electron chi connectivity index (χ2n) is 14.8. The zero-order valence-electron chi connectivity index (χ0n) is 31.9. The van der Waals surface area contributed by atoms with Gasteiger partial charge in [-0.05, 0) is 84.8 Å². The van der Waals surface area contributed by atoms with E-state index < -0.39 is 0 Å². The van der Waals surface area contributed by atoms with Gasteiger partial charge in [0.15, 0.2) is 0 Å². The predicted molar refractivity (Wildman–Crippen MR) is 216 cm³/mol. The maximum absolute atomic E-state index is 6.59. The topological polar surface area (TPSA) is 42.0 Å². The molecule has 0 aliphatic carbocycles. The minimum atomic E-state index is 0.341. The van der Waals surface area contributed by atoms with Gasteiger partial charge >= 0.3 is 0 Å². The first-order valence-corrected chi connectivity index (χ1v) is 18.6. The number of hydrogen-bond acceptors (Lipinski definition) is 3. The Bertz CT molecular complexity index is 2600. The Morgan fingerprint density at radius 2 is 1.36 bits per heavy atom. The SMILES string of the molecule is Cc1ccc2c(oc3ccccc32)c1-c1cccc(N(c2ccccc2)c2cccc(-c3n(-c4c(C(C)C)cccc4C(C)C)nc[n+]3C)c2C)[n+]1C. The molecule has 0 aliphatic heterocycles. The number of aryl methyl sites for hydroxylation is 2. The number of fused-ring (bicyclic) bond motifs is 3. The summed E-state index contributed by atoms with van der Waals surface area (Å²) in [5.41, 5.74) is 13.3. The number of pyridine rings is 1. The smallest absolute Gasteiger partial charge is 0.287 e. The summed E-state index contributed by atoms with van der Waals surface area (Å²) in [6, 6.07) is 43.2. The highest BCUT2D eigenvalue weighted by Crippen LogP contribution is 2.41. The highest BCUT2D eigenvalue weighted by atomic mass is 16.3. The number of nitrogens with zero attached hydrogens (tertiary/aromatic N) is 5. The standard InChI is InChI=1S/C47H47N5O/c1-30(2)35-20-14-21-36(31(3)4)45(35)52-47(49(7)29-48-52)37-22-15-23-40(33(37)6)51(34-17-10-9-11-18-34)43-26-16-24-41(50(43)8)44-32(5)27-28-39-38-19-12-13-25-42(38)53-46(39)44/h9-31H,1-8H3/q+2. The molecule has 53 heavy (non-hydrogen) atoms. The van der Waals surface area contributed by atoms with E-state index in [-0.39, 0.29) is 0 Å². The highest BCUT2D eigenvalue weighted by Gasteiger charge is 2.32. The summed E-state index contributed by atoms with van der Waals surface area (Å²) < 4.78 is 13.2. The molecule has 8 rings (SSSR count). The van der Waals surface area contributed by atoms with Crippen LogP contribution in [0.25, 0.3) is 50.3 Å². The molecule has 3 heterocycles. The van der Waals surface area contributed by atoms with Crippen LogP contribution in [0.4, 0.5) is 17.2 Å². The zero-order chi connectivity index (χ0) is 37.0. The third kappa shape index (κ3) is 5.70. The van der Waals surface area contributed by atoms with Crippen LogP contribution in [0, 0.1) is 13.8 Å². The molecule has 0 spiro atoms. The Kier molecular flexibility index (Phi) is 8.70. The summed E-state index contributed by atoms with van der Waals surface area (Å²) >= 11 is 0. The van der Waals surface area contributed by atoms with E-state index in [1.165, 1.54) is 16.8 Å². The van der Waals surface area contributed by atoms with Crippen LogP contribution in [-0.4, -0.2) is 9.78 Å². The van der Waals surface area contributed by atoms with Crippen molar-refractivity contribution in [3.05, 3.63) is 150 Å². The molecular weight excluding hydrogens is 651 g/mol. The van der Waals surface area contributed by atoms with Crippen molar-refractivity contribution in [2.75, 3.05) is 4.90 Å². The number of para-hydroxylation sites is 3. The third-order valence-corrected chi connectivity index (χ3v) is 10.7. The van der Waals surface area contributed by atoms with E-state index in [0.29, 0.717) is 11.8 Å². The van der Waals surface area contributed by atoms with Crippen molar-refractivity contribution in [2.45, 2.75) is 53.4 Å². The van der Waals surface area contributed by atoms with E-state index >= 15 is 0 Å². The van der Waals surface area contributed by atoms with Crippen LogP contribution in [0.1, 0.15) is 61.8 Å². The van der Waals surface area contributed by atoms with Crippen molar-refractivity contribution in [3.63, 3.8) is 0 Å². The number of aromatic nitrogens is 4. The van der Waals surface area contributed by atoms with Crippen LogP contribution in [0.3, 0.4) is 0 Å². The largest absolute Gasteiger partial charge is 0.455 e. The maximum atomic E-state index is 6.59. The van der Waals surface area contributed by atoms with Crippen LogP contribution in [0.15, 0.2) is 132 Å². The molecule has 0 bridgehead atoms. The fourth-order valence-corrected chi connectivity index (χ4v) is 7.95. The fourth-order valence-electron chi connectivity index (χ4n) is 7.95. The number of rotatable bonds is 8. The van der Waals surface area contributed by atoms with Crippen molar-refractivity contribution >= 4 is 39.1 Å². The van der Waals surface area contributed by atoms with Gasteiger partial charge in [-0.15, -0.1) is 0 Å². The van der Waals surface area contributed by atoms with Crippen molar-refractivity contribution in [1.29, 1.82) is 0 Å². The molecule has 5 aromatic carbocycles. The molecule has 0 saturated heterocycles. The molecule has 0 unspecified atom stereocenters. The number of furan rings is 1. The quantitative estimate of drug-likeness (QED) is 0.148. The van der Waals surface area contributed by atoms with E-state index in [2.05, 4.69) is 190 Å². The monoisotopic (exact) mass is 697 g/mol. The molecule has 3 aromatic heterocycles. The van der Waals surface area contributed by atoms with Crippen molar-refractivity contribution in [3.8, 4) is 28.3 Å². The Hall–Kier alpha value is -6.01. The predicted octanol–water partition coefficient (Wildman–Crippen LogP) is 11.1. The Morgan fingerprint density at radius 3 is 2.09 bits per heavy atom. The normalized spacial score (nSPS) is 11.7. The molecule has 0 N–H and O–H groups in total. The summed E-state index contributed by atoms with van der Waals surface area (Å²) in [5, 5.41) is 7.30. The third-order valence-electron chi connectivity index (χ3n) is 10.7. The molecule has 6 nitrogen and oxygen atoms in total. The van der Waals surface area contributed by atoms with Crippen LogP contribution >= 0.6 is 0 Å². The molecule has 0 fully saturated rings. The number of anilines is 3. The summed E-state index contributed by atoms with van der Waals surface area (Å²) in [7, 11) is 4.25. The minimum absolute atomic E-state index is 0.341. The lowest BCUT2D eigenvalue weighted by atomic mass is 9.92. The Balaban J connectivity index is 1.34. The van der Waals surface area contributed by atoms with E-state index in [1.54, 1.807) is 0 Å². The summed E-state index contributed by atoms with van der Waals surface area (Å²) in [6.07, 6.45) is 1.93. The first-order valence-electron chi connectivity index (χ1n) is 18.6. The average Bonchev–Trinajstić information content (AvgIpc) is 3.73. The minimum Gasteiger partial charge on any atom is -0.455 e. The second kappa shape index (κ2) is 13.5. The van der Waals surface area contributed by atoms with Crippen molar-refractivity contribution in [2.24, 2.45) is 14.1 Å².